The summed E-state index contributed by atoms with van der Waals surface area (Å²) in [6.45, 7) is -0.965. The fraction of sp³-hybridized carbons (Fsp3) is 0.100. The molecule has 2 aromatic rings. The molecule has 0 spiro atoms. The van der Waals surface area contributed by atoms with Gasteiger partial charge in [0.05, 0.1) is 11.5 Å². The first kappa shape index (κ1) is 8.74. The predicted molar refractivity (Wildman–Crippen MR) is 49.1 cm³/mol. The van der Waals surface area contributed by atoms with Crippen LogP contribution in [0, 0.1) is 0 Å². The minimum atomic E-state index is -0.965. The van der Waals surface area contributed by atoms with Crippen LogP contribution < -0.4 is 10.4 Å². The maximum Gasteiger partial charge on any atom is 0.339 e. The van der Waals surface area contributed by atoms with Crippen LogP contribution in [0.2, 0.25) is 0 Å². The minimum Gasteiger partial charge on any atom is -0.462 e. The molecule has 1 aromatic carbocycles. The Hall–Kier alpha value is -1.84. The molecule has 0 aliphatic carbocycles. The van der Waals surface area contributed by atoms with Crippen molar-refractivity contribution in [2.75, 3.05) is 6.86 Å². The van der Waals surface area contributed by atoms with Crippen LogP contribution in [0.5, 0.6) is 5.75 Å². The lowest BCUT2D eigenvalue weighted by molar-refractivity contribution is 0.193. The van der Waals surface area contributed by atoms with Gasteiger partial charge in [-0.1, -0.05) is 12.1 Å². The van der Waals surface area contributed by atoms with Crippen molar-refractivity contribution in [1.29, 1.82) is 0 Å². The lowest BCUT2D eigenvalue weighted by Gasteiger charge is -2.03. The summed E-state index contributed by atoms with van der Waals surface area (Å²) >= 11 is 0. The second-order valence-corrected chi connectivity index (χ2v) is 2.68. The molecular weight excluding hydrogens is 187 g/mol. The number of hydrogen-bond acceptors (Lipinski definition) is 3. The molecule has 4 heteroatoms. The maximum atomic E-state index is 12.0. The Bertz CT molecular complexity index is 504. The Morgan fingerprint density at radius 1 is 1.36 bits per heavy atom. The standard InChI is InChI=1S/C10H7FO3/c11-6-13-9-5-10(12)14-8-4-2-1-3-7(8)9/h1-5H,6H2. The lowest BCUT2D eigenvalue weighted by atomic mass is 10.2. The van der Waals surface area contributed by atoms with Crippen molar-refractivity contribution in [2.24, 2.45) is 0 Å². The zero-order valence-corrected chi connectivity index (χ0v) is 7.20. The molecule has 14 heavy (non-hydrogen) atoms. The first-order valence-electron chi connectivity index (χ1n) is 4.03. The van der Waals surface area contributed by atoms with Gasteiger partial charge in [-0.15, -0.1) is 0 Å². The number of benzene rings is 1. The molecule has 0 saturated carbocycles. The maximum absolute atomic E-state index is 12.0. The van der Waals surface area contributed by atoms with E-state index in [2.05, 4.69) is 4.74 Å². The van der Waals surface area contributed by atoms with E-state index in [1.54, 1.807) is 24.3 Å². The Kier molecular flexibility index (Phi) is 2.18. The summed E-state index contributed by atoms with van der Waals surface area (Å²) in [5, 5.41) is 0.588. The largest absolute Gasteiger partial charge is 0.462 e. The van der Waals surface area contributed by atoms with E-state index < -0.39 is 12.5 Å². The molecule has 0 amide bonds. The molecular formula is C10H7FO3. The van der Waals surface area contributed by atoms with Crippen molar-refractivity contribution in [2.45, 2.75) is 0 Å². The van der Waals surface area contributed by atoms with Crippen LogP contribution in [0.15, 0.2) is 39.5 Å². The van der Waals surface area contributed by atoms with Gasteiger partial charge in [0.15, 0.2) is 0 Å². The fourth-order valence-corrected chi connectivity index (χ4v) is 1.26. The molecule has 0 N–H and O–H groups in total. The summed E-state index contributed by atoms with van der Waals surface area (Å²) in [6, 6.07) is 7.94. The number of ether oxygens (including phenoxy) is 1. The Morgan fingerprint density at radius 3 is 2.93 bits per heavy atom. The third kappa shape index (κ3) is 1.46. The number of fused-ring (bicyclic) bond motifs is 1. The molecule has 2 rings (SSSR count). The van der Waals surface area contributed by atoms with E-state index in [4.69, 9.17) is 4.42 Å². The van der Waals surface area contributed by atoms with Gasteiger partial charge in [-0.3, -0.25) is 0 Å². The van der Waals surface area contributed by atoms with E-state index in [-0.39, 0.29) is 5.75 Å². The number of para-hydroxylation sites is 1. The van der Waals surface area contributed by atoms with Crippen LogP contribution in [0.25, 0.3) is 11.0 Å². The molecule has 0 atom stereocenters. The zero-order valence-electron chi connectivity index (χ0n) is 7.20. The third-order valence-corrected chi connectivity index (χ3v) is 1.82. The van der Waals surface area contributed by atoms with Crippen LogP contribution in [0.3, 0.4) is 0 Å². The van der Waals surface area contributed by atoms with Gasteiger partial charge in [-0.2, -0.15) is 0 Å². The molecule has 0 bridgehead atoms. The van der Waals surface area contributed by atoms with Crippen LogP contribution in [-0.2, 0) is 0 Å². The summed E-state index contributed by atoms with van der Waals surface area (Å²) in [7, 11) is 0. The molecule has 0 fully saturated rings. The van der Waals surface area contributed by atoms with Crippen LogP contribution in [-0.4, -0.2) is 6.86 Å². The topological polar surface area (TPSA) is 39.4 Å². The summed E-state index contributed by atoms with van der Waals surface area (Å²) in [6.07, 6.45) is 0. The average molecular weight is 194 g/mol. The van der Waals surface area contributed by atoms with Gasteiger partial charge in [-0.25, -0.2) is 9.18 Å². The number of rotatable bonds is 2. The van der Waals surface area contributed by atoms with Gasteiger partial charge in [0.25, 0.3) is 0 Å². The van der Waals surface area contributed by atoms with Crippen molar-refractivity contribution in [3.63, 3.8) is 0 Å². The van der Waals surface area contributed by atoms with Crippen molar-refractivity contribution >= 4 is 11.0 Å². The Labute approximate surface area is 78.7 Å². The quantitative estimate of drug-likeness (QED) is 0.687. The van der Waals surface area contributed by atoms with E-state index in [1.807, 2.05) is 0 Å². The molecule has 0 unspecified atom stereocenters. The first-order chi connectivity index (χ1) is 6.81. The van der Waals surface area contributed by atoms with E-state index >= 15 is 0 Å². The van der Waals surface area contributed by atoms with Gasteiger partial charge >= 0.3 is 5.63 Å². The van der Waals surface area contributed by atoms with Crippen molar-refractivity contribution < 1.29 is 13.5 Å². The van der Waals surface area contributed by atoms with Gasteiger partial charge < -0.3 is 9.15 Å². The molecule has 0 radical (unpaired) electrons. The van der Waals surface area contributed by atoms with E-state index in [0.717, 1.165) is 6.07 Å². The van der Waals surface area contributed by atoms with Crippen LogP contribution >= 0.6 is 0 Å². The van der Waals surface area contributed by atoms with E-state index in [1.165, 1.54) is 0 Å². The van der Waals surface area contributed by atoms with E-state index in [0.29, 0.717) is 11.0 Å². The molecule has 1 heterocycles. The third-order valence-electron chi connectivity index (χ3n) is 1.82. The van der Waals surface area contributed by atoms with Crippen molar-refractivity contribution in [1.82, 2.24) is 0 Å². The highest BCUT2D eigenvalue weighted by Gasteiger charge is 2.04. The SMILES string of the molecule is O=c1cc(OCF)c2ccccc2o1. The highest BCUT2D eigenvalue weighted by atomic mass is 19.1. The summed E-state index contributed by atoms with van der Waals surface area (Å²) in [4.78, 5) is 11.0. The highest BCUT2D eigenvalue weighted by molar-refractivity contribution is 5.82. The van der Waals surface area contributed by atoms with Gasteiger partial charge in [0.1, 0.15) is 11.3 Å². The van der Waals surface area contributed by atoms with Gasteiger partial charge in [-0.05, 0) is 12.1 Å². The van der Waals surface area contributed by atoms with Crippen LogP contribution in [0.4, 0.5) is 4.39 Å². The molecule has 0 aliphatic heterocycles. The molecule has 1 aromatic heterocycles. The predicted octanol–water partition coefficient (Wildman–Crippen LogP) is 2.10. The summed E-state index contributed by atoms with van der Waals surface area (Å²) in [5.74, 6) is 0.208. The lowest BCUT2D eigenvalue weighted by Crippen LogP contribution is -2.00. The summed E-state index contributed by atoms with van der Waals surface area (Å²) in [5.41, 5.74) is -0.157. The number of hydrogen-bond donors (Lipinski definition) is 0. The number of alkyl halides is 1. The molecule has 0 aliphatic rings. The highest BCUT2D eigenvalue weighted by Crippen LogP contribution is 2.22. The normalized spacial score (nSPS) is 10.4. The number of halogens is 1. The summed E-state index contributed by atoms with van der Waals surface area (Å²) < 4.78 is 21.5. The second kappa shape index (κ2) is 3.49. The zero-order chi connectivity index (χ0) is 9.97. The average Bonchev–Trinajstić information content (AvgIpc) is 2.18. The van der Waals surface area contributed by atoms with Crippen molar-refractivity contribution in [3.8, 4) is 5.75 Å². The van der Waals surface area contributed by atoms with Gasteiger partial charge in [0, 0.05) is 0 Å². The first-order valence-corrected chi connectivity index (χ1v) is 4.03. The minimum absolute atomic E-state index is 0.208. The van der Waals surface area contributed by atoms with Crippen LogP contribution in [0.1, 0.15) is 0 Å². The Balaban J connectivity index is 2.73. The monoisotopic (exact) mass is 194 g/mol. The second-order valence-electron chi connectivity index (χ2n) is 2.68. The van der Waals surface area contributed by atoms with Gasteiger partial charge in [0.2, 0.25) is 6.86 Å². The molecule has 72 valence electrons. The molecule has 3 nitrogen and oxygen atoms in total. The fourth-order valence-electron chi connectivity index (χ4n) is 1.26. The smallest absolute Gasteiger partial charge is 0.339 e. The Morgan fingerprint density at radius 2 is 2.14 bits per heavy atom. The van der Waals surface area contributed by atoms with Crippen molar-refractivity contribution in [3.05, 3.63) is 40.8 Å². The van der Waals surface area contributed by atoms with E-state index in [9.17, 15) is 9.18 Å². The molecule has 0 saturated heterocycles.